The Labute approximate surface area is 352 Å². The zero-order valence-electron chi connectivity index (χ0n) is 33.1. The first kappa shape index (κ1) is 45.3. The molecule has 10 heteroatoms. The minimum absolute atomic E-state index is 0. The van der Waals surface area contributed by atoms with Crippen molar-refractivity contribution in [1.29, 1.82) is 0 Å². The zero-order chi connectivity index (χ0) is 40.3. The van der Waals surface area contributed by atoms with Gasteiger partial charge in [0.25, 0.3) is 0 Å². The summed E-state index contributed by atoms with van der Waals surface area (Å²) in [6.07, 6.45) is 0.417. The maximum Gasteiger partial charge on any atom is 3.00 e. The van der Waals surface area contributed by atoms with Crippen molar-refractivity contribution in [3.63, 3.8) is 0 Å². The third-order valence-corrected chi connectivity index (χ3v) is 10.1. The van der Waals surface area contributed by atoms with E-state index in [2.05, 4.69) is 142 Å². The molecule has 298 valence electrons. The van der Waals surface area contributed by atoms with Gasteiger partial charge in [-0.2, -0.15) is 21.9 Å². The SMILES string of the molecule is CC(=NCCCNCCNCCCN=C(C)c1cc(F)ccc1[O-])c1cc(F)ccc1[O-].[Mn+3].c1ccc([B-](c2ccccc2)(c2ccccc2)c2ccccc2)cc1. The molecule has 0 aliphatic carbocycles. The van der Waals surface area contributed by atoms with Gasteiger partial charge in [-0.05, 0) is 75.2 Å². The van der Waals surface area contributed by atoms with Gasteiger partial charge in [0.1, 0.15) is 17.8 Å². The second-order valence-corrected chi connectivity index (χ2v) is 13.9. The molecule has 2 N–H and O–H groups in total. The Morgan fingerprint density at radius 2 is 0.793 bits per heavy atom. The van der Waals surface area contributed by atoms with E-state index in [0.717, 1.165) is 51.2 Å². The molecule has 6 rings (SSSR count). The average Bonchev–Trinajstić information content (AvgIpc) is 3.25. The van der Waals surface area contributed by atoms with Crippen molar-refractivity contribution in [2.75, 3.05) is 39.3 Å². The Bertz CT molecular complexity index is 1940. The number of rotatable bonds is 17. The van der Waals surface area contributed by atoms with Crippen molar-refractivity contribution in [3.8, 4) is 11.5 Å². The van der Waals surface area contributed by atoms with Crippen LogP contribution in [0.5, 0.6) is 11.5 Å². The molecule has 0 fully saturated rings. The van der Waals surface area contributed by atoms with Gasteiger partial charge in [0.05, 0.1) is 0 Å². The Morgan fingerprint density at radius 3 is 1.10 bits per heavy atom. The maximum absolute atomic E-state index is 13.3. The molecule has 6 aromatic rings. The summed E-state index contributed by atoms with van der Waals surface area (Å²) in [5, 5.41) is 30.1. The Kier molecular flexibility index (Phi) is 18.6. The first-order valence-corrected chi connectivity index (χ1v) is 19.6. The summed E-state index contributed by atoms with van der Waals surface area (Å²) in [7, 11) is 0. The molecular weight excluding hydrogens is 768 g/mol. The van der Waals surface area contributed by atoms with E-state index in [0.29, 0.717) is 35.6 Å². The van der Waals surface area contributed by atoms with Crippen LogP contribution in [0, 0.1) is 11.6 Å². The summed E-state index contributed by atoms with van der Waals surface area (Å²) in [4.78, 5) is 8.70. The first-order chi connectivity index (χ1) is 27.8. The fraction of sp³-hybridized carbons (Fsp3) is 0.208. The second-order valence-electron chi connectivity index (χ2n) is 13.9. The molecule has 58 heavy (non-hydrogen) atoms. The fourth-order valence-corrected chi connectivity index (χ4v) is 7.19. The van der Waals surface area contributed by atoms with E-state index in [4.69, 9.17) is 0 Å². The van der Waals surface area contributed by atoms with Gasteiger partial charge in [0.2, 0.25) is 0 Å². The average molecular weight is 819 g/mol. The Hall–Kier alpha value is -5.38. The van der Waals surface area contributed by atoms with Crippen LogP contribution in [-0.2, 0) is 17.1 Å². The van der Waals surface area contributed by atoms with Crippen molar-refractivity contribution in [2.45, 2.75) is 26.7 Å². The molecule has 0 unspecified atom stereocenters. The summed E-state index contributed by atoms with van der Waals surface area (Å²) in [6.45, 7) is 7.77. The predicted octanol–water partition coefficient (Wildman–Crippen LogP) is 5.45. The van der Waals surface area contributed by atoms with Crippen molar-refractivity contribution >= 4 is 39.4 Å². The van der Waals surface area contributed by atoms with Gasteiger partial charge in [0.15, 0.2) is 0 Å². The molecule has 6 nitrogen and oxygen atoms in total. The van der Waals surface area contributed by atoms with Crippen LogP contribution >= 0.6 is 0 Å². The molecule has 0 amide bonds. The van der Waals surface area contributed by atoms with E-state index in [1.165, 1.54) is 46.1 Å². The van der Waals surface area contributed by atoms with E-state index in [1.807, 2.05) is 0 Å². The van der Waals surface area contributed by atoms with Gasteiger partial charge >= 0.3 is 17.1 Å². The van der Waals surface area contributed by atoms with E-state index in [-0.39, 0.29) is 28.6 Å². The van der Waals surface area contributed by atoms with Gasteiger partial charge in [-0.15, -0.1) is 0 Å². The van der Waals surface area contributed by atoms with Crippen LogP contribution in [-0.4, -0.2) is 56.8 Å². The van der Waals surface area contributed by atoms with Crippen LogP contribution in [0.2, 0.25) is 0 Å². The van der Waals surface area contributed by atoms with Gasteiger partial charge in [-0.25, -0.2) is 8.78 Å². The minimum atomic E-state index is -1.22. The van der Waals surface area contributed by atoms with Crippen molar-refractivity contribution in [2.24, 2.45) is 9.98 Å². The summed E-state index contributed by atoms with van der Waals surface area (Å²) < 4.78 is 26.5. The monoisotopic (exact) mass is 818 g/mol. The Balaban J connectivity index is 0.000000258. The van der Waals surface area contributed by atoms with Gasteiger partial charge < -0.3 is 20.8 Å². The fourth-order valence-electron chi connectivity index (χ4n) is 7.19. The third-order valence-electron chi connectivity index (χ3n) is 10.1. The number of nitrogens with one attached hydrogen (secondary N) is 2. The quantitative estimate of drug-likeness (QED) is 0.0728. The molecule has 0 aliphatic heterocycles. The van der Waals surface area contributed by atoms with Gasteiger partial charge in [-0.1, -0.05) is 145 Å². The first-order valence-electron chi connectivity index (χ1n) is 19.6. The number of aliphatic imine (C=N–C) groups is 2. The van der Waals surface area contributed by atoms with Crippen LogP contribution in [0.25, 0.3) is 0 Å². The normalized spacial score (nSPS) is 11.7. The molecule has 6 aromatic carbocycles. The Morgan fingerprint density at radius 1 is 0.483 bits per heavy atom. The molecule has 0 saturated heterocycles. The van der Waals surface area contributed by atoms with Gasteiger partial charge in [-0.3, -0.25) is 9.98 Å². The van der Waals surface area contributed by atoms with Crippen molar-refractivity contribution < 1.29 is 36.1 Å². The molecule has 0 saturated carbocycles. The van der Waals surface area contributed by atoms with E-state index in [1.54, 1.807) is 13.8 Å². The van der Waals surface area contributed by atoms with Crippen LogP contribution in [0.15, 0.2) is 168 Å². The van der Waals surface area contributed by atoms with E-state index >= 15 is 0 Å². The van der Waals surface area contributed by atoms with Crippen molar-refractivity contribution in [1.82, 2.24) is 10.6 Å². The maximum atomic E-state index is 13.3. The summed E-state index contributed by atoms with van der Waals surface area (Å²) in [5.74, 6) is -1.31. The number of hydrogen-bond acceptors (Lipinski definition) is 6. The third kappa shape index (κ3) is 12.6. The molecule has 0 spiro atoms. The minimum Gasteiger partial charge on any atom is -0.872 e. The molecule has 0 atom stereocenters. The second kappa shape index (κ2) is 23.8. The summed E-state index contributed by atoms with van der Waals surface area (Å²) in [6, 6.07) is 50.7. The van der Waals surface area contributed by atoms with Crippen LogP contribution < -0.4 is 42.7 Å². The summed E-state index contributed by atoms with van der Waals surface area (Å²) >= 11 is 0. The molecule has 0 radical (unpaired) electrons. The topological polar surface area (TPSA) is 94.9 Å². The number of hydrogen-bond donors (Lipinski definition) is 2. The van der Waals surface area contributed by atoms with E-state index < -0.39 is 17.8 Å². The van der Waals surface area contributed by atoms with E-state index in [9.17, 15) is 19.0 Å². The number of halogens is 2. The standard InChI is InChI=1S/C24H20B.C24H32F2N4O2.Mn/c1-5-13-21(14-6-1)25(22-15-7-2-8-16-22,23-17-9-3-10-18-23)24-19-11-4-12-20-24;1-17(21-15-19(25)5-7-23(21)31)29-11-3-9-27-13-14-28-10-4-12-30-18(2)22-16-20(26)6-8-24(22)32;/h1-20H;5-8,15-16,27-28,31-32H,3-4,9-14H2,1-2H3;/q-1;;+3/p-2. The van der Waals surface area contributed by atoms with Crippen LogP contribution in [0.4, 0.5) is 8.78 Å². The summed E-state index contributed by atoms with van der Waals surface area (Å²) in [5.41, 5.74) is 7.09. The molecule has 0 heterocycles. The predicted molar refractivity (Wildman–Crippen MR) is 231 cm³/mol. The molecule has 0 aliphatic rings. The molecule has 0 bridgehead atoms. The smallest absolute Gasteiger partial charge is 0.872 e. The van der Waals surface area contributed by atoms with Crippen LogP contribution in [0.3, 0.4) is 0 Å². The van der Waals surface area contributed by atoms with Crippen LogP contribution in [0.1, 0.15) is 37.8 Å². The number of nitrogens with zero attached hydrogens (tertiary/aromatic N) is 2. The van der Waals surface area contributed by atoms with Gasteiger partial charge in [0, 0.05) is 37.6 Å². The van der Waals surface area contributed by atoms with Crippen molar-refractivity contribution in [3.05, 3.63) is 180 Å². The zero-order valence-corrected chi connectivity index (χ0v) is 34.3. The molecule has 0 aromatic heterocycles. The molecular formula is C48H50BF2MnN4O2. The number of benzene rings is 6. The largest absolute Gasteiger partial charge is 3.00 e.